The number of nitrogens with one attached hydrogen (secondary N) is 1. The highest BCUT2D eigenvalue weighted by Gasteiger charge is 2.61. The normalized spacial score (nSPS) is 18.5. The number of halogens is 7. The second-order valence-electron chi connectivity index (χ2n) is 4.67. The Morgan fingerprint density at radius 3 is 1.95 bits per heavy atom. The fraction of sp³-hybridized carbons (Fsp3) is 0.900. The van der Waals surface area contributed by atoms with Crippen molar-refractivity contribution in [2.45, 2.75) is 31.6 Å². The monoisotopic (exact) mass is 355 g/mol. The summed E-state index contributed by atoms with van der Waals surface area (Å²) in [7, 11) is 0. The van der Waals surface area contributed by atoms with E-state index in [0.29, 0.717) is 24.6 Å². The predicted molar refractivity (Wildman–Crippen MR) is 58.7 cm³/mol. The Hall–Kier alpha value is -0.470. The molecule has 1 saturated carbocycles. The number of hydrogen-bond acceptors (Lipinski definition) is 1. The molecular weight excluding hydrogens is 344 g/mol. The van der Waals surface area contributed by atoms with Gasteiger partial charge in [-0.3, -0.25) is 4.79 Å². The maximum absolute atomic E-state index is 12.3. The number of rotatable bonds is 5. The number of hydrogen-bond donors (Lipinski definition) is 1. The maximum atomic E-state index is 12.3. The number of alkyl halides is 7. The largest absolute Gasteiger partial charge is 0.409 e. The summed E-state index contributed by atoms with van der Waals surface area (Å²) in [6, 6.07) is 0. The molecule has 0 radical (unpaired) electrons. The Bertz CT molecular complexity index is 322. The second-order valence-corrected chi connectivity index (χ2v) is 5.47. The summed E-state index contributed by atoms with van der Waals surface area (Å²) < 4.78 is 73.6. The van der Waals surface area contributed by atoms with Gasteiger partial charge in [0.25, 0.3) is 0 Å². The zero-order valence-corrected chi connectivity index (χ0v) is 11.3. The number of amides is 1. The van der Waals surface area contributed by atoms with Crippen LogP contribution in [-0.2, 0) is 4.79 Å². The minimum absolute atomic E-state index is 0.153. The molecule has 1 aliphatic carbocycles. The molecule has 9 heteroatoms. The minimum atomic E-state index is -5.63. The van der Waals surface area contributed by atoms with Crippen LogP contribution in [0.1, 0.15) is 19.3 Å². The van der Waals surface area contributed by atoms with Crippen LogP contribution >= 0.6 is 15.9 Å². The Morgan fingerprint density at radius 2 is 1.63 bits per heavy atom. The lowest BCUT2D eigenvalue weighted by atomic mass is 10.0. The fourth-order valence-corrected chi connectivity index (χ4v) is 2.59. The molecule has 1 rings (SSSR count). The second kappa shape index (κ2) is 5.49. The topological polar surface area (TPSA) is 29.1 Å². The molecule has 0 aromatic carbocycles. The first-order valence-corrected chi connectivity index (χ1v) is 6.61. The van der Waals surface area contributed by atoms with Crippen LogP contribution in [0.5, 0.6) is 0 Å². The van der Waals surface area contributed by atoms with Gasteiger partial charge in [-0.15, -0.1) is 0 Å². The van der Waals surface area contributed by atoms with E-state index in [9.17, 15) is 31.1 Å². The third-order valence-corrected chi connectivity index (χ3v) is 3.53. The molecule has 0 bridgehead atoms. The molecule has 0 atom stereocenters. The third-order valence-electron chi connectivity index (χ3n) is 3.14. The van der Waals surface area contributed by atoms with Crippen LogP contribution in [-0.4, -0.2) is 30.1 Å². The van der Waals surface area contributed by atoms with Crippen LogP contribution in [0.3, 0.4) is 0 Å². The molecule has 0 aromatic rings. The Kier molecular flexibility index (Phi) is 4.79. The van der Waals surface area contributed by atoms with Crippen LogP contribution < -0.4 is 5.32 Å². The summed E-state index contributed by atoms with van der Waals surface area (Å²) in [5.41, 5.74) is -0.346. The highest BCUT2D eigenvalue weighted by Crippen LogP contribution is 2.48. The van der Waals surface area contributed by atoms with E-state index < -0.39 is 24.2 Å². The lowest BCUT2D eigenvalue weighted by Gasteiger charge is -2.23. The molecule has 0 unspecified atom stereocenters. The van der Waals surface area contributed by atoms with E-state index in [1.807, 2.05) is 0 Å². The Morgan fingerprint density at radius 1 is 1.16 bits per heavy atom. The van der Waals surface area contributed by atoms with Gasteiger partial charge in [0.1, 0.15) is 0 Å². The minimum Gasteiger partial charge on any atom is -0.355 e. The zero-order chi connectivity index (χ0) is 14.9. The average Bonchev–Trinajstić information content (AvgIpc) is 2.91. The fourth-order valence-electron chi connectivity index (χ4n) is 1.75. The first kappa shape index (κ1) is 16.6. The molecule has 1 fully saturated rings. The summed E-state index contributed by atoms with van der Waals surface area (Å²) in [6.45, 7) is -0.153. The van der Waals surface area contributed by atoms with Gasteiger partial charge in [-0.2, -0.15) is 26.3 Å². The van der Waals surface area contributed by atoms with Crippen LogP contribution in [0.4, 0.5) is 26.3 Å². The summed E-state index contributed by atoms with van der Waals surface area (Å²) in [5.74, 6) is -5.99. The van der Waals surface area contributed by atoms with Crippen molar-refractivity contribution in [3.8, 4) is 0 Å². The van der Waals surface area contributed by atoms with Gasteiger partial charge in [-0.05, 0) is 24.7 Å². The zero-order valence-electron chi connectivity index (χ0n) is 9.67. The van der Waals surface area contributed by atoms with Crippen molar-refractivity contribution in [2.75, 3.05) is 11.9 Å². The number of carbonyl (C=O) groups excluding carboxylic acids is 1. The molecule has 112 valence electrons. The van der Waals surface area contributed by atoms with E-state index in [4.69, 9.17) is 0 Å². The van der Waals surface area contributed by atoms with Crippen molar-refractivity contribution >= 4 is 21.8 Å². The quantitative estimate of drug-likeness (QED) is 0.594. The molecule has 19 heavy (non-hydrogen) atoms. The SMILES string of the molecule is O=C(NCC1(CCBr)CC1)C(C(F)(F)F)C(F)(F)F. The van der Waals surface area contributed by atoms with Gasteiger partial charge in [0.05, 0.1) is 0 Å². The highest BCUT2D eigenvalue weighted by atomic mass is 79.9. The molecule has 1 N–H and O–H groups in total. The molecular formula is C10H12BrF6NO. The first-order chi connectivity index (χ1) is 8.52. The van der Waals surface area contributed by atoms with E-state index in [1.54, 1.807) is 5.32 Å². The van der Waals surface area contributed by atoms with Crippen LogP contribution in [0, 0.1) is 11.3 Å². The molecule has 0 saturated heterocycles. The molecule has 0 spiro atoms. The van der Waals surface area contributed by atoms with E-state index in [0.717, 1.165) is 0 Å². The van der Waals surface area contributed by atoms with Gasteiger partial charge in [-0.25, -0.2) is 0 Å². The van der Waals surface area contributed by atoms with Crippen molar-refractivity contribution < 1.29 is 31.1 Å². The van der Waals surface area contributed by atoms with Crippen molar-refractivity contribution in [3.63, 3.8) is 0 Å². The van der Waals surface area contributed by atoms with Crippen molar-refractivity contribution in [1.29, 1.82) is 0 Å². The molecule has 0 aromatic heterocycles. The van der Waals surface area contributed by atoms with Crippen LogP contribution in [0.2, 0.25) is 0 Å². The number of carbonyl (C=O) groups is 1. The standard InChI is InChI=1S/C10H12BrF6NO/c11-4-3-8(1-2-8)5-18-7(19)6(9(12,13)14)10(15,16)17/h6H,1-5H2,(H,18,19). The van der Waals surface area contributed by atoms with E-state index in [-0.39, 0.29) is 12.0 Å². The Balaban J connectivity index is 2.64. The van der Waals surface area contributed by atoms with Gasteiger partial charge in [0.15, 0.2) is 0 Å². The summed E-state index contributed by atoms with van der Waals surface area (Å²) in [6.07, 6.45) is -9.26. The van der Waals surface area contributed by atoms with E-state index >= 15 is 0 Å². The summed E-state index contributed by atoms with van der Waals surface area (Å²) in [5, 5.41) is 2.37. The third kappa shape index (κ3) is 4.54. The van der Waals surface area contributed by atoms with Crippen molar-refractivity contribution in [3.05, 3.63) is 0 Å². The highest BCUT2D eigenvalue weighted by molar-refractivity contribution is 9.09. The first-order valence-electron chi connectivity index (χ1n) is 5.49. The van der Waals surface area contributed by atoms with Crippen LogP contribution in [0.25, 0.3) is 0 Å². The van der Waals surface area contributed by atoms with Crippen LogP contribution in [0.15, 0.2) is 0 Å². The van der Waals surface area contributed by atoms with Crippen molar-refractivity contribution in [1.82, 2.24) is 5.32 Å². The van der Waals surface area contributed by atoms with Gasteiger partial charge in [0.2, 0.25) is 11.8 Å². The molecule has 0 heterocycles. The predicted octanol–water partition coefficient (Wildman–Crippen LogP) is 3.41. The van der Waals surface area contributed by atoms with E-state index in [2.05, 4.69) is 15.9 Å². The lowest BCUT2D eigenvalue weighted by molar-refractivity contribution is -0.274. The lowest BCUT2D eigenvalue weighted by Crippen LogP contribution is -2.49. The molecule has 1 amide bonds. The van der Waals surface area contributed by atoms with Crippen molar-refractivity contribution in [2.24, 2.45) is 11.3 Å². The van der Waals surface area contributed by atoms with Gasteiger partial charge >= 0.3 is 12.4 Å². The van der Waals surface area contributed by atoms with E-state index in [1.165, 1.54) is 0 Å². The Labute approximate surface area is 114 Å². The summed E-state index contributed by atoms with van der Waals surface area (Å²) in [4.78, 5) is 11.2. The van der Waals surface area contributed by atoms with Gasteiger partial charge < -0.3 is 5.32 Å². The van der Waals surface area contributed by atoms with Gasteiger partial charge in [0, 0.05) is 11.9 Å². The van der Waals surface area contributed by atoms with Gasteiger partial charge in [-0.1, -0.05) is 15.9 Å². The molecule has 1 aliphatic rings. The maximum Gasteiger partial charge on any atom is 0.409 e. The smallest absolute Gasteiger partial charge is 0.355 e. The average molecular weight is 356 g/mol. The summed E-state index contributed by atoms with van der Waals surface area (Å²) >= 11 is 3.15. The molecule has 2 nitrogen and oxygen atoms in total. The molecule has 0 aliphatic heterocycles.